The Kier molecular flexibility index (Phi) is 5.36. The predicted molar refractivity (Wildman–Crippen MR) is 89.3 cm³/mol. The zero-order valence-electron chi connectivity index (χ0n) is 12.6. The fourth-order valence-electron chi connectivity index (χ4n) is 1.61. The van der Waals surface area contributed by atoms with Crippen LogP contribution in [0.3, 0.4) is 0 Å². The van der Waals surface area contributed by atoms with Gasteiger partial charge in [0.25, 0.3) is 5.91 Å². The Morgan fingerprint density at radius 1 is 1.29 bits per heavy atom. The van der Waals surface area contributed by atoms with Gasteiger partial charge in [-0.3, -0.25) is 10.1 Å². The Morgan fingerprint density at radius 3 is 2.71 bits per heavy atom. The maximum Gasteiger partial charge on any atom is 0.257 e. The van der Waals surface area contributed by atoms with E-state index in [1.54, 1.807) is 11.8 Å². The first-order valence-corrected chi connectivity index (χ1v) is 8.61. The van der Waals surface area contributed by atoms with Crippen LogP contribution in [0.15, 0.2) is 22.5 Å². The molecule has 4 nitrogen and oxygen atoms in total. The van der Waals surface area contributed by atoms with Gasteiger partial charge in [-0.1, -0.05) is 43.0 Å². The monoisotopic (exact) mass is 321 g/mol. The molecule has 1 aromatic carbocycles. The van der Waals surface area contributed by atoms with E-state index in [0.717, 1.165) is 15.7 Å². The lowest BCUT2D eigenvalue weighted by Gasteiger charge is -2.04. The molecular formula is C15H19N3OS2. The van der Waals surface area contributed by atoms with Crippen molar-refractivity contribution in [1.82, 2.24) is 10.2 Å². The standard InChI is InChI=1S/C15H19N3OS2/c1-9(2)8-20-15-18-17-14(21-15)16-13(19)12-6-5-10(3)11(4)7-12/h5-7,9H,8H2,1-4H3,(H,16,17,19). The van der Waals surface area contributed by atoms with E-state index in [4.69, 9.17) is 0 Å². The summed E-state index contributed by atoms with van der Waals surface area (Å²) in [7, 11) is 0. The molecule has 1 N–H and O–H groups in total. The largest absolute Gasteiger partial charge is 0.296 e. The molecule has 21 heavy (non-hydrogen) atoms. The van der Waals surface area contributed by atoms with E-state index >= 15 is 0 Å². The first-order valence-electron chi connectivity index (χ1n) is 6.80. The van der Waals surface area contributed by atoms with Crippen LogP contribution in [0.5, 0.6) is 0 Å². The van der Waals surface area contributed by atoms with E-state index in [-0.39, 0.29) is 5.91 Å². The summed E-state index contributed by atoms with van der Waals surface area (Å²) in [6, 6.07) is 5.67. The van der Waals surface area contributed by atoms with Crippen LogP contribution in [0, 0.1) is 19.8 Å². The molecule has 0 aliphatic heterocycles. The zero-order chi connectivity index (χ0) is 15.4. The second-order valence-electron chi connectivity index (χ2n) is 5.33. The number of aryl methyl sites for hydroxylation is 2. The number of nitrogens with zero attached hydrogens (tertiary/aromatic N) is 2. The van der Waals surface area contributed by atoms with Crippen molar-refractivity contribution in [2.45, 2.75) is 32.0 Å². The number of nitrogens with one attached hydrogen (secondary N) is 1. The number of hydrogen-bond acceptors (Lipinski definition) is 5. The van der Waals surface area contributed by atoms with E-state index in [9.17, 15) is 4.79 Å². The molecule has 0 unspecified atom stereocenters. The maximum absolute atomic E-state index is 12.2. The molecule has 0 spiro atoms. The van der Waals surface area contributed by atoms with E-state index < -0.39 is 0 Å². The summed E-state index contributed by atoms with van der Waals surface area (Å²) in [6.45, 7) is 8.35. The average Bonchev–Trinajstić information content (AvgIpc) is 2.87. The second kappa shape index (κ2) is 7.04. The molecule has 0 radical (unpaired) electrons. The quantitative estimate of drug-likeness (QED) is 0.664. The molecular weight excluding hydrogens is 302 g/mol. The SMILES string of the molecule is Cc1ccc(C(=O)Nc2nnc(SCC(C)C)s2)cc1C. The molecule has 6 heteroatoms. The molecule has 2 aromatic rings. The lowest BCUT2D eigenvalue weighted by Crippen LogP contribution is -2.12. The van der Waals surface area contributed by atoms with Crippen LogP contribution < -0.4 is 5.32 Å². The third kappa shape index (κ3) is 4.54. The van der Waals surface area contributed by atoms with Gasteiger partial charge < -0.3 is 0 Å². The molecule has 1 heterocycles. The van der Waals surface area contributed by atoms with E-state index in [1.165, 1.54) is 16.9 Å². The number of hydrogen-bond donors (Lipinski definition) is 1. The maximum atomic E-state index is 12.2. The summed E-state index contributed by atoms with van der Waals surface area (Å²) in [5.74, 6) is 1.46. The van der Waals surface area contributed by atoms with Crippen LogP contribution in [0.25, 0.3) is 0 Å². The van der Waals surface area contributed by atoms with Crippen LogP contribution in [0.1, 0.15) is 35.3 Å². The van der Waals surface area contributed by atoms with Crippen molar-refractivity contribution < 1.29 is 4.79 Å². The van der Waals surface area contributed by atoms with Gasteiger partial charge in [0, 0.05) is 11.3 Å². The second-order valence-corrected chi connectivity index (χ2v) is 7.58. The van der Waals surface area contributed by atoms with Crippen molar-refractivity contribution in [2.75, 3.05) is 11.1 Å². The minimum Gasteiger partial charge on any atom is -0.296 e. The van der Waals surface area contributed by atoms with Crippen LogP contribution in [0.2, 0.25) is 0 Å². The minimum absolute atomic E-state index is 0.144. The van der Waals surface area contributed by atoms with Crippen LogP contribution in [0.4, 0.5) is 5.13 Å². The summed E-state index contributed by atoms with van der Waals surface area (Å²) in [5, 5.41) is 11.5. The Balaban J connectivity index is 2.00. The summed E-state index contributed by atoms with van der Waals surface area (Å²) in [4.78, 5) is 12.2. The number of carbonyl (C=O) groups is 1. The van der Waals surface area contributed by atoms with Gasteiger partial charge in [-0.25, -0.2) is 0 Å². The first-order chi connectivity index (χ1) is 9.95. The van der Waals surface area contributed by atoms with Gasteiger partial charge >= 0.3 is 0 Å². The number of thioether (sulfide) groups is 1. The third-order valence-electron chi connectivity index (χ3n) is 2.94. The van der Waals surface area contributed by atoms with Crippen LogP contribution >= 0.6 is 23.1 Å². The van der Waals surface area contributed by atoms with Crippen molar-refractivity contribution >= 4 is 34.1 Å². The smallest absolute Gasteiger partial charge is 0.257 e. The lowest BCUT2D eigenvalue weighted by atomic mass is 10.1. The van der Waals surface area contributed by atoms with Crippen LogP contribution in [-0.2, 0) is 0 Å². The van der Waals surface area contributed by atoms with Gasteiger partial charge in [0.1, 0.15) is 0 Å². The minimum atomic E-state index is -0.144. The van der Waals surface area contributed by atoms with Gasteiger partial charge in [-0.2, -0.15) is 0 Å². The Morgan fingerprint density at radius 2 is 2.05 bits per heavy atom. The third-order valence-corrected chi connectivity index (χ3v) is 5.33. The molecule has 1 amide bonds. The highest BCUT2D eigenvalue weighted by Crippen LogP contribution is 2.27. The molecule has 1 aromatic heterocycles. The molecule has 0 aliphatic carbocycles. The zero-order valence-corrected chi connectivity index (χ0v) is 14.3. The van der Waals surface area contributed by atoms with Gasteiger partial charge in [0.05, 0.1) is 0 Å². The highest BCUT2D eigenvalue weighted by molar-refractivity contribution is 8.01. The Labute approximate surface area is 133 Å². The number of anilines is 1. The van der Waals surface area contributed by atoms with Crippen molar-refractivity contribution in [3.05, 3.63) is 34.9 Å². The van der Waals surface area contributed by atoms with E-state index in [1.807, 2.05) is 32.0 Å². The molecule has 0 fully saturated rings. The number of benzene rings is 1. The summed E-state index contributed by atoms with van der Waals surface area (Å²) < 4.78 is 0.888. The molecule has 112 valence electrons. The molecule has 0 bridgehead atoms. The fraction of sp³-hybridized carbons (Fsp3) is 0.400. The number of rotatable bonds is 5. The topological polar surface area (TPSA) is 54.9 Å². The van der Waals surface area contributed by atoms with Crippen molar-refractivity contribution in [2.24, 2.45) is 5.92 Å². The fourth-order valence-corrected chi connectivity index (χ4v) is 3.33. The van der Waals surface area contributed by atoms with Crippen LogP contribution in [-0.4, -0.2) is 21.9 Å². The summed E-state index contributed by atoms with van der Waals surface area (Å²) >= 11 is 3.08. The molecule has 0 aliphatic rings. The van der Waals surface area contributed by atoms with E-state index in [0.29, 0.717) is 16.6 Å². The van der Waals surface area contributed by atoms with Gasteiger partial charge in [0.2, 0.25) is 5.13 Å². The molecule has 0 saturated carbocycles. The number of aromatic nitrogens is 2. The number of carbonyl (C=O) groups excluding carboxylic acids is 1. The summed E-state index contributed by atoms with van der Waals surface area (Å²) in [5.41, 5.74) is 2.92. The van der Waals surface area contributed by atoms with Gasteiger partial charge in [0.15, 0.2) is 4.34 Å². The molecule has 0 atom stereocenters. The predicted octanol–water partition coefficient (Wildman–Crippen LogP) is 4.16. The average molecular weight is 321 g/mol. The van der Waals surface area contributed by atoms with Crippen molar-refractivity contribution in [3.8, 4) is 0 Å². The van der Waals surface area contributed by atoms with Gasteiger partial charge in [-0.15, -0.1) is 10.2 Å². The van der Waals surface area contributed by atoms with Gasteiger partial charge in [-0.05, 0) is 43.0 Å². The van der Waals surface area contributed by atoms with E-state index in [2.05, 4.69) is 29.4 Å². The van der Waals surface area contributed by atoms with Crippen molar-refractivity contribution in [1.29, 1.82) is 0 Å². The van der Waals surface area contributed by atoms with Crippen molar-refractivity contribution in [3.63, 3.8) is 0 Å². The highest BCUT2D eigenvalue weighted by Gasteiger charge is 2.11. The molecule has 0 saturated heterocycles. The Hall–Kier alpha value is -1.40. The number of amides is 1. The normalized spacial score (nSPS) is 10.9. The molecule has 2 rings (SSSR count). The Bertz CT molecular complexity index is 638. The first kappa shape index (κ1) is 16.0. The highest BCUT2D eigenvalue weighted by atomic mass is 32.2. The lowest BCUT2D eigenvalue weighted by molar-refractivity contribution is 0.102. The summed E-state index contributed by atoms with van der Waals surface area (Å²) in [6.07, 6.45) is 0.